The summed E-state index contributed by atoms with van der Waals surface area (Å²) < 4.78 is 26.8. The number of methoxy groups -OCH3 is 3. The Labute approximate surface area is 683 Å². The van der Waals surface area contributed by atoms with Gasteiger partial charge in [0.1, 0.15) is 30.9 Å². The molecule has 9 fully saturated rings. The van der Waals surface area contributed by atoms with Crippen molar-refractivity contribution in [2.45, 2.75) is 220 Å². The molecular weight excluding hydrogens is 1530 g/mol. The highest BCUT2D eigenvalue weighted by Gasteiger charge is 2.40. The Morgan fingerprint density at radius 2 is 0.812 bits per heavy atom. The van der Waals surface area contributed by atoms with Gasteiger partial charge in [-0.1, -0.05) is 0 Å². The van der Waals surface area contributed by atoms with E-state index in [1.165, 1.54) is 72.3 Å². The first-order valence-electron chi connectivity index (χ1n) is 40.9. The molecule has 0 unspecified atom stereocenters. The molecule has 4 saturated heterocycles. The number of halogens is 1. The third kappa shape index (κ3) is 21.4. The van der Waals surface area contributed by atoms with Gasteiger partial charge in [-0.15, -0.1) is 0 Å². The van der Waals surface area contributed by atoms with Gasteiger partial charge in [0.2, 0.25) is 40.4 Å². The first-order chi connectivity index (χ1) is 56.2. The molecule has 39 heteroatoms. The lowest BCUT2D eigenvalue weighted by Crippen LogP contribution is -2.36. The standard InChI is InChI=1S/C21H29N7O2.C18H26N6O4.C17H22N6O3.C13H18N6O2.C5H11N.C4H5ClO/c1-3-28-18-16(26-19(28)20(29)24-12(2)13-4-5-13)17(22-11-23-18)25-15-8-9-27(10-15)21(30)14-6-7-14;1-6-24-14-12(22-15(24)16(25)27-5)13(19-10-20-14)21-11-7-8-23(9-11)17(26)28-18(2,3)4;1-3-23-14-12(21-15(23)17(25)26-2)13(18-9-19-14)20-11-6-7-22(8-11)16(24)10-4-5-10;1-3-19-11-9(18-12(19)13(20)21-2)10(15-7-16-11)17-8-4-5-14-6-8;1-4(6)5-2-3-5;5-4(6)3-1-2-3/h11-15H,3-10H2,1-2H3,(H,24,29)(H,22,23,25);10-11H,6-9H2,1-5H3,(H,19,20,21);9-11H,3-8H2,1-2H3,(H,18,19,20);7-8,14H,3-6H2,1-2H3,(H,15,16,17);4-5H,2-3,6H2,1H3;3H,1-2H2/t12-,15-;2*11-;8-;4-;/m00000./s1. The summed E-state index contributed by atoms with van der Waals surface area (Å²) in [6, 6.07) is 1.18. The minimum atomic E-state index is -0.529. The second-order valence-electron chi connectivity index (χ2n) is 31.9. The summed E-state index contributed by atoms with van der Waals surface area (Å²) in [5.74, 6) is 4.48. The number of fused-ring (bicyclic) bond motifs is 4. The summed E-state index contributed by atoms with van der Waals surface area (Å²) in [6.07, 6.45) is 20.3. The van der Waals surface area contributed by atoms with Crippen LogP contribution in [0.4, 0.5) is 28.1 Å². The fourth-order valence-electron chi connectivity index (χ4n) is 14.5. The number of carbonyl (C=O) groups is 8. The van der Waals surface area contributed by atoms with Gasteiger partial charge in [-0.3, -0.25) is 19.2 Å². The van der Waals surface area contributed by atoms with E-state index in [0.717, 1.165) is 96.3 Å². The molecule has 0 bridgehead atoms. The van der Waals surface area contributed by atoms with Gasteiger partial charge in [0.25, 0.3) is 5.91 Å². The van der Waals surface area contributed by atoms with Gasteiger partial charge in [0, 0.05) is 126 Å². The number of rotatable bonds is 22. The van der Waals surface area contributed by atoms with Crippen molar-refractivity contribution < 1.29 is 57.3 Å². The number of nitrogens with zero attached hydrogens (tertiary/aromatic N) is 19. The molecule has 6 atom stereocenters. The van der Waals surface area contributed by atoms with Gasteiger partial charge in [-0.05, 0) is 182 Å². The third-order valence-electron chi connectivity index (χ3n) is 21.8. The van der Waals surface area contributed by atoms with Crippen molar-refractivity contribution in [3.63, 3.8) is 0 Å². The Balaban J connectivity index is 0.000000137. The molecule has 4 amide bonds. The lowest BCUT2D eigenvalue weighted by atomic mass is 10.2. The smallest absolute Gasteiger partial charge is 0.410 e. The van der Waals surface area contributed by atoms with E-state index >= 15 is 0 Å². The Morgan fingerprint density at radius 3 is 1.10 bits per heavy atom. The number of likely N-dealkylation sites (tertiary alicyclic amines) is 3. The molecule has 8 aromatic heterocycles. The predicted octanol–water partition coefficient (Wildman–Crippen LogP) is 7.22. The molecule has 0 aromatic carbocycles. The minimum absolute atomic E-state index is 0.000952. The molecule has 0 radical (unpaired) electrons. The van der Waals surface area contributed by atoms with Crippen LogP contribution in [0.1, 0.15) is 195 Å². The number of amides is 4. The summed E-state index contributed by atoms with van der Waals surface area (Å²) in [7, 11) is 3.99. The first-order valence-corrected chi connectivity index (χ1v) is 41.3. The molecular formula is C78H111ClN26O12. The highest BCUT2D eigenvalue weighted by Crippen LogP contribution is 2.37. The van der Waals surface area contributed by atoms with E-state index in [-0.39, 0.29) is 88.5 Å². The van der Waals surface area contributed by atoms with Crippen LogP contribution in [0.2, 0.25) is 0 Å². The van der Waals surface area contributed by atoms with Crippen LogP contribution in [-0.2, 0) is 59.5 Å². The number of ether oxygens (including phenoxy) is 4. The molecule has 8 N–H and O–H groups in total. The molecule has 632 valence electrons. The second kappa shape index (κ2) is 38.2. The lowest BCUT2D eigenvalue weighted by molar-refractivity contribution is -0.132. The SMILES string of the molecule is CCn1c(C(=O)N[C@@H](C)C2CC2)nc2c(N[C@H]3CCN(C(=O)C4CC4)C3)ncnc21.CCn1c(C(=O)OC)nc2c(N[C@H]3CCN(C(=O)C4CC4)C3)ncnc21.CCn1c(C(=O)OC)nc2c(N[C@H]3CCN(C(=O)OC(C)(C)C)C3)ncnc21.CCn1c(C(=O)OC)nc2c(N[C@H]3CCNC3)ncnc21.C[C@H](N)C1CC1.O=C(Cl)C1CC1. The Bertz CT molecular complexity index is 4880. The van der Waals surface area contributed by atoms with Gasteiger partial charge in [0.05, 0.1) is 21.3 Å². The van der Waals surface area contributed by atoms with Crippen LogP contribution < -0.4 is 37.6 Å². The maximum absolute atomic E-state index is 12.9. The van der Waals surface area contributed by atoms with Crippen molar-refractivity contribution in [1.82, 2.24) is 103 Å². The van der Waals surface area contributed by atoms with Crippen LogP contribution in [0.3, 0.4) is 0 Å². The van der Waals surface area contributed by atoms with Crippen molar-refractivity contribution in [2.24, 2.45) is 35.3 Å². The van der Waals surface area contributed by atoms with Crippen LogP contribution in [-0.4, -0.2) is 255 Å². The van der Waals surface area contributed by atoms with Crippen molar-refractivity contribution in [3.05, 3.63) is 48.6 Å². The number of aromatic nitrogens is 16. The number of esters is 3. The molecule has 0 spiro atoms. The molecule has 8 aromatic rings. The van der Waals surface area contributed by atoms with Crippen LogP contribution >= 0.6 is 11.6 Å². The summed E-state index contributed by atoms with van der Waals surface area (Å²) in [5, 5.41) is 19.7. The monoisotopic (exact) mass is 1640 g/mol. The fraction of sp³-hybridized carbons (Fsp3) is 0.641. The number of imidazole rings is 4. The van der Waals surface area contributed by atoms with E-state index in [1.54, 1.807) is 18.6 Å². The van der Waals surface area contributed by atoms with E-state index in [1.807, 2.05) is 62.8 Å². The summed E-state index contributed by atoms with van der Waals surface area (Å²) in [5.41, 5.74) is 9.67. The second-order valence-corrected chi connectivity index (χ2v) is 32.3. The van der Waals surface area contributed by atoms with E-state index in [0.29, 0.717) is 144 Å². The zero-order valence-electron chi connectivity index (χ0n) is 68.9. The van der Waals surface area contributed by atoms with Crippen LogP contribution in [0.15, 0.2) is 25.3 Å². The minimum Gasteiger partial charge on any atom is -0.463 e. The summed E-state index contributed by atoms with van der Waals surface area (Å²) in [6.45, 7) is 25.5. The zero-order valence-corrected chi connectivity index (χ0v) is 69.7. The molecule has 5 saturated carbocycles. The van der Waals surface area contributed by atoms with Crippen LogP contribution in [0.5, 0.6) is 0 Å². The van der Waals surface area contributed by atoms with Crippen molar-refractivity contribution in [1.29, 1.82) is 0 Å². The number of hydrogen-bond acceptors (Lipinski definition) is 30. The largest absolute Gasteiger partial charge is 0.463 e. The maximum atomic E-state index is 12.9. The van der Waals surface area contributed by atoms with Crippen molar-refractivity contribution in [3.8, 4) is 0 Å². The van der Waals surface area contributed by atoms with E-state index in [9.17, 15) is 38.4 Å². The first kappa shape index (κ1) is 85.7. The predicted molar refractivity (Wildman–Crippen MR) is 435 cm³/mol. The Morgan fingerprint density at radius 1 is 0.470 bits per heavy atom. The molecule has 38 nitrogen and oxygen atoms in total. The maximum Gasteiger partial charge on any atom is 0.410 e. The summed E-state index contributed by atoms with van der Waals surface area (Å²) in [4.78, 5) is 153. The number of carbonyl (C=O) groups excluding carboxylic acids is 8. The molecule has 5 aliphatic carbocycles. The number of nitrogens with two attached hydrogens (primary N) is 1. The fourth-order valence-corrected chi connectivity index (χ4v) is 14.7. The normalized spacial score (nSPS) is 19.9. The number of anilines is 4. The topological polar surface area (TPSA) is 456 Å². The number of aryl methyl sites for hydroxylation is 4. The molecule has 17 rings (SSSR count). The number of nitrogens with one attached hydrogen (secondary N) is 6. The van der Waals surface area contributed by atoms with Gasteiger partial charge < -0.3 is 89.5 Å². The van der Waals surface area contributed by atoms with E-state index in [4.69, 9.17) is 36.3 Å². The van der Waals surface area contributed by atoms with Gasteiger partial charge >= 0.3 is 24.0 Å². The van der Waals surface area contributed by atoms with Crippen LogP contribution in [0.25, 0.3) is 44.7 Å². The summed E-state index contributed by atoms with van der Waals surface area (Å²) >= 11 is 5.04. The van der Waals surface area contributed by atoms with Gasteiger partial charge in [-0.2, -0.15) is 0 Å². The number of hydrogen-bond donors (Lipinski definition) is 7. The van der Waals surface area contributed by atoms with Gasteiger partial charge in [0.15, 0.2) is 67.9 Å². The highest BCUT2D eigenvalue weighted by atomic mass is 35.5. The third-order valence-corrected chi connectivity index (χ3v) is 22.1. The average Bonchev–Trinajstić information content (AvgIpc) is 1.64. The quantitative estimate of drug-likeness (QED) is 0.0200. The van der Waals surface area contributed by atoms with Crippen molar-refractivity contribution in [2.75, 3.05) is 95.0 Å². The van der Waals surface area contributed by atoms with Gasteiger partial charge in [-0.25, -0.2) is 79.0 Å². The average molecular weight is 1640 g/mol. The Kier molecular flexibility index (Phi) is 28.0. The molecule has 12 heterocycles. The van der Waals surface area contributed by atoms with Crippen molar-refractivity contribution >= 4 is 126 Å². The molecule has 117 heavy (non-hydrogen) atoms. The highest BCUT2D eigenvalue weighted by molar-refractivity contribution is 6.64. The zero-order chi connectivity index (χ0) is 83.5. The molecule has 9 aliphatic rings. The van der Waals surface area contributed by atoms with Crippen LogP contribution in [0, 0.1) is 29.6 Å². The lowest BCUT2D eigenvalue weighted by Gasteiger charge is -2.24. The Hall–Kier alpha value is -10.6. The van der Waals surface area contributed by atoms with E-state index < -0.39 is 23.5 Å². The molecule has 4 aliphatic heterocycles. The van der Waals surface area contributed by atoms with E-state index in [2.05, 4.69) is 106 Å².